The van der Waals surface area contributed by atoms with Gasteiger partial charge in [0.25, 0.3) is 5.56 Å². The highest BCUT2D eigenvalue weighted by molar-refractivity contribution is 7.98. The number of nitrogens with zero attached hydrogens (tertiary/aromatic N) is 2. The van der Waals surface area contributed by atoms with Crippen LogP contribution in [0.15, 0.2) is 28.2 Å². The molecule has 7 nitrogen and oxygen atoms in total. The molecule has 1 aliphatic heterocycles. The smallest absolute Gasteiger partial charge is 0.279 e. The van der Waals surface area contributed by atoms with Crippen molar-refractivity contribution >= 4 is 23.5 Å². The van der Waals surface area contributed by atoms with Crippen LogP contribution >= 0.6 is 11.8 Å². The summed E-state index contributed by atoms with van der Waals surface area (Å²) in [5.41, 5.74) is 0.828. The van der Waals surface area contributed by atoms with Crippen molar-refractivity contribution in [3.05, 3.63) is 39.7 Å². The number of fused-ring (bicyclic) bond motifs is 1. The number of hydrogen-bond donors (Lipinski definition) is 2. The largest absolute Gasteiger partial charge is 0.504 e. The molecule has 0 saturated heterocycles. The Morgan fingerprint density at radius 2 is 2.20 bits per heavy atom. The third-order valence-corrected chi connectivity index (χ3v) is 4.90. The topological polar surface area (TPSA) is 93.5 Å². The van der Waals surface area contributed by atoms with Gasteiger partial charge in [-0.2, -0.15) is 4.98 Å². The number of carbonyl (C=O) groups excluding carboxylic acids is 1. The summed E-state index contributed by atoms with van der Waals surface area (Å²) in [6.45, 7) is 2.22. The Morgan fingerprint density at radius 1 is 1.44 bits per heavy atom. The van der Waals surface area contributed by atoms with Gasteiger partial charge in [0.1, 0.15) is 5.82 Å². The van der Waals surface area contributed by atoms with Crippen LogP contribution in [0.25, 0.3) is 0 Å². The Kier molecular flexibility index (Phi) is 4.71. The Hall–Kier alpha value is -2.48. The van der Waals surface area contributed by atoms with Crippen molar-refractivity contribution in [2.75, 3.05) is 18.2 Å². The van der Waals surface area contributed by atoms with E-state index in [0.717, 1.165) is 5.56 Å². The number of aromatic nitrogens is 2. The zero-order valence-corrected chi connectivity index (χ0v) is 15.0. The normalized spacial score (nSPS) is 16.3. The lowest BCUT2D eigenvalue weighted by Gasteiger charge is -2.27. The van der Waals surface area contributed by atoms with Gasteiger partial charge in [-0.3, -0.25) is 9.59 Å². The van der Waals surface area contributed by atoms with Crippen LogP contribution in [0.1, 0.15) is 30.4 Å². The van der Waals surface area contributed by atoms with Crippen LogP contribution in [-0.4, -0.2) is 33.4 Å². The van der Waals surface area contributed by atoms with Gasteiger partial charge in [-0.1, -0.05) is 17.8 Å². The Labute approximate surface area is 149 Å². The number of amides is 1. The number of anilines is 1. The molecule has 1 atom stereocenters. The maximum atomic E-state index is 12.6. The Morgan fingerprint density at radius 3 is 2.88 bits per heavy atom. The summed E-state index contributed by atoms with van der Waals surface area (Å²) in [5, 5.41) is 13.2. The van der Waals surface area contributed by atoms with Crippen molar-refractivity contribution in [3.8, 4) is 11.5 Å². The molecule has 0 spiro atoms. The highest BCUT2D eigenvalue weighted by Gasteiger charge is 2.32. The summed E-state index contributed by atoms with van der Waals surface area (Å²) in [5.74, 6) is 0.215. The molecular weight excluding hydrogens is 342 g/mol. The van der Waals surface area contributed by atoms with Crippen LogP contribution in [0.2, 0.25) is 0 Å². The van der Waals surface area contributed by atoms with Gasteiger partial charge in [0.05, 0.1) is 12.2 Å². The molecule has 2 aromatic rings. The first-order valence-electron chi connectivity index (χ1n) is 7.86. The fraction of sp³-hybridized carbons (Fsp3) is 0.353. The molecule has 3 rings (SSSR count). The molecule has 0 aliphatic carbocycles. The molecule has 1 aromatic carbocycles. The minimum absolute atomic E-state index is 0.0230. The first-order chi connectivity index (χ1) is 12.0. The van der Waals surface area contributed by atoms with E-state index in [1.54, 1.807) is 23.7 Å². The van der Waals surface area contributed by atoms with Crippen LogP contribution in [0, 0.1) is 0 Å². The number of rotatable bonds is 4. The van der Waals surface area contributed by atoms with Crippen molar-refractivity contribution in [1.29, 1.82) is 0 Å². The zero-order valence-electron chi connectivity index (χ0n) is 14.2. The standard InChI is InChI=1S/C17H19N3O4S/c1-4-24-12-7-9(5-6-11(12)21)10-8-13(22)18-15-14(10)16(23)19-17(25-3)20(15)2/h5-7,10,21H,4,8H2,1-3H3,(H,18,22)/t10-/m0/s1. The lowest BCUT2D eigenvalue weighted by Crippen LogP contribution is -2.33. The number of ether oxygens (including phenoxy) is 1. The van der Waals surface area contributed by atoms with Crippen molar-refractivity contribution in [3.63, 3.8) is 0 Å². The van der Waals surface area contributed by atoms with Crippen LogP contribution in [0.4, 0.5) is 5.82 Å². The quantitative estimate of drug-likeness (QED) is 0.640. The van der Waals surface area contributed by atoms with E-state index in [9.17, 15) is 14.7 Å². The summed E-state index contributed by atoms with van der Waals surface area (Å²) < 4.78 is 7.14. The first-order valence-corrected chi connectivity index (χ1v) is 9.09. The average molecular weight is 361 g/mol. The molecule has 8 heteroatoms. The van der Waals surface area contributed by atoms with Gasteiger partial charge >= 0.3 is 0 Å². The molecular formula is C17H19N3O4S. The molecule has 2 heterocycles. The number of hydrogen-bond acceptors (Lipinski definition) is 6. The molecule has 1 aliphatic rings. The second-order valence-electron chi connectivity index (χ2n) is 5.69. The van der Waals surface area contributed by atoms with Crippen LogP contribution < -0.4 is 15.6 Å². The Balaban J connectivity index is 2.18. The Bertz CT molecular complexity index is 894. The van der Waals surface area contributed by atoms with Crippen LogP contribution in [0.3, 0.4) is 0 Å². The van der Waals surface area contributed by atoms with E-state index >= 15 is 0 Å². The van der Waals surface area contributed by atoms with Crippen molar-refractivity contribution < 1.29 is 14.6 Å². The highest BCUT2D eigenvalue weighted by Crippen LogP contribution is 2.38. The fourth-order valence-corrected chi connectivity index (χ4v) is 3.56. The number of phenols is 1. The van der Waals surface area contributed by atoms with Gasteiger partial charge in [-0.05, 0) is 30.9 Å². The number of carbonyl (C=O) groups is 1. The summed E-state index contributed by atoms with van der Waals surface area (Å²) in [6.07, 6.45) is 1.96. The second-order valence-corrected chi connectivity index (χ2v) is 6.46. The number of aromatic hydroxyl groups is 1. The summed E-state index contributed by atoms with van der Waals surface area (Å²) in [6, 6.07) is 4.89. The van der Waals surface area contributed by atoms with Gasteiger partial charge in [-0.15, -0.1) is 0 Å². The van der Waals surface area contributed by atoms with E-state index in [1.165, 1.54) is 17.8 Å². The van der Waals surface area contributed by atoms with Gasteiger partial charge in [0.15, 0.2) is 16.7 Å². The van der Waals surface area contributed by atoms with Crippen LogP contribution in [-0.2, 0) is 11.8 Å². The monoisotopic (exact) mass is 361 g/mol. The molecule has 25 heavy (non-hydrogen) atoms. The van der Waals surface area contributed by atoms with E-state index in [2.05, 4.69) is 10.3 Å². The maximum Gasteiger partial charge on any atom is 0.279 e. The molecule has 1 amide bonds. The number of phenolic OH excluding ortho intramolecular Hbond substituents is 1. The predicted octanol–water partition coefficient (Wildman–Crippen LogP) is 2.08. The summed E-state index contributed by atoms with van der Waals surface area (Å²) >= 11 is 1.34. The van der Waals surface area contributed by atoms with Crippen LogP contribution in [0.5, 0.6) is 11.5 Å². The molecule has 0 unspecified atom stereocenters. The van der Waals surface area contributed by atoms with Gasteiger partial charge < -0.3 is 19.7 Å². The maximum absolute atomic E-state index is 12.6. The second kappa shape index (κ2) is 6.79. The van der Waals surface area contributed by atoms with E-state index in [4.69, 9.17) is 4.74 Å². The molecule has 0 saturated carbocycles. The molecule has 1 aromatic heterocycles. The molecule has 2 N–H and O–H groups in total. The van der Waals surface area contributed by atoms with Gasteiger partial charge in [-0.25, -0.2) is 0 Å². The fourth-order valence-electron chi connectivity index (χ4n) is 3.02. The molecule has 0 radical (unpaired) electrons. The lowest BCUT2D eigenvalue weighted by atomic mass is 9.86. The van der Waals surface area contributed by atoms with E-state index in [1.807, 2.05) is 13.2 Å². The predicted molar refractivity (Wildman–Crippen MR) is 95.6 cm³/mol. The van der Waals surface area contributed by atoms with E-state index in [-0.39, 0.29) is 23.6 Å². The average Bonchev–Trinajstić information content (AvgIpc) is 2.59. The minimum atomic E-state index is -0.439. The first kappa shape index (κ1) is 17.3. The van der Waals surface area contributed by atoms with Crippen molar-refractivity contribution in [1.82, 2.24) is 9.55 Å². The molecule has 132 valence electrons. The van der Waals surface area contributed by atoms with Gasteiger partial charge in [0, 0.05) is 19.4 Å². The minimum Gasteiger partial charge on any atom is -0.504 e. The molecule has 0 bridgehead atoms. The third kappa shape index (κ3) is 3.09. The van der Waals surface area contributed by atoms with Crippen molar-refractivity contribution in [2.24, 2.45) is 7.05 Å². The van der Waals surface area contributed by atoms with Crippen molar-refractivity contribution in [2.45, 2.75) is 24.4 Å². The summed E-state index contributed by atoms with van der Waals surface area (Å²) in [4.78, 5) is 28.9. The van der Waals surface area contributed by atoms with E-state index < -0.39 is 5.92 Å². The zero-order chi connectivity index (χ0) is 18.1. The highest BCUT2D eigenvalue weighted by atomic mass is 32.2. The van der Waals surface area contributed by atoms with E-state index in [0.29, 0.717) is 28.9 Å². The van der Waals surface area contributed by atoms with Gasteiger partial charge in [0.2, 0.25) is 5.91 Å². The summed E-state index contributed by atoms with van der Waals surface area (Å²) in [7, 11) is 1.77. The SMILES string of the molecule is CCOc1cc([C@@H]2CC(=O)Nc3c2c(=O)nc(SC)n3C)ccc1O. The molecule has 0 fully saturated rings. The lowest BCUT2D eigenvalue weighted by molar-refractivity contribution is -0.116. The third-order valence-electron chi connectivity index (χ3n) is 4.17. The number of benzene rings is 1. The number of thioether (sulfide) groups is 1. The number of nitrogens with one attached hydrogen (secondary N) is 1.